The Labute approximate surface area is 155 Å². The van der Waals surface area contributed by atoms with Crippen LogP contribution >= 0.6 is 0 Å². The Kier molecular flexibility index (Phi) is 3.55. The fourth-order valence-corrected chi connectivity index (χ4v) is 6.74. The van der Waals surface area contributed by atoms with Gasteiger partial charge >= 0.3 is 12.1 Å². The highest BCUT2D eigenvalue weighted by Gasteiger charge is 2.56. The van der Waals surface area contributed by atoms with Crippen LogP contribution in [0.2, 0.25) is 0 Å². The number of aromatic nitrogens is 3. The zero-order valence-corrected chi connectivity index (χ0v) is 15.4. The summed E-state index contributed by atoms with van der Waals surface area (Å²) in [5, 5.41) is 8.81. The Hall–Kier alpha value is -1.60. The SMILES string of the molecule is CC1(OC(=O)C(F)(F)F)CCCc2nnc(C34CC5CC(CC(C5)C3)C4)n21. The lowest BCUT2D eigenvalue weighted by atomic mass is 9.49. The number of esters is 1. The van der Waals surface area contributed by atoms with Crippen LogP contribution in [0, 0.1) is 17.8 Å². The molecule has 1 unspecified atom stereocenters. The second kappa shape index (κ2) is 5.47. The third-order valence-electron chi connectivity index (χ3n) is 7.30. The molecular weight excluding hydrogens is 359 g/mol. The van der Waals surface area contributed by atoms with Crippen molar-refractivity contribution < 1.29 is 22.7 Å². The van der Waals surface area contributed by atoms with Gasteiger partial charge in [-0.15, -0.1) is 10.2 Å². The molecule has 0 N–H and O–H groups in total. The summed E-state index contributed by atoms with van der Waals surface area (Å²) in [6, 6.07) is 0. The van der Waals surface area contributed by atoms with Gasteiger partial charge in [0.1, 0.15) is 11.6 Å². The van der Waals surface area contributed by atoms with Crippen LogP contribution in [0.25, 0.3) is 0 Å². The predicted molar refractivity (Wildman–Crippen MR) is 88.6 cm³/mol. The van der Waals surface area contributed by atoms with E-state index in [4.69, 9.17) is 4.74 Å². The van der Waals surface area contributed by atoms with E-state index < -0.39 is 17.9 Å². The Morgan fingerprint density at radius 3 is 2.26 bits per heavy atom. The van der Waals surface area contributed by atoms with E-state index in [1.807, 2.05) is 0 Å². The summed E-state index contributed by atoms with van der Waals surface area (Å²) in [6.07, 6.45) is 3.50. The molecule has 0 saturated heterocycles. The van der Waals surface area contributed by atoms with E-state index in [2.05, 4.69) is 10.2 Å². The molecule has 4 bridgehead atoms. The molecule has 148 valence electrons. The molecule has 0 spiro atoms. The van der Waals surface area contributed by atoms with Gasteiger partial charge < -0.3 is 4.74 Å². The third-order valence-corrected chi connectivity index (χ3v) is 7.30. The maximum atomic E-state index is 12.9. The first kappa shape index (κ1) is 17.5. The summed E-state index contributed by atoms with van der Waals surface area (Å²) in [6.45, 7) is 1.58. The number of hydrogen-bond acceptors (Lipinski definition) is 4. The van der Waals surface area contributed by atoms with Gasteiger partial charge in [0, 0.05) is 18.3 Å². The summed E-state index contributed by atoms with van der Waals surface area (Å²) in [5.74, 6) is 1.30. The second-order valence-electron chi connectivity index (χ2n) is 9.39. The average molecular weight is 383 g/mol. The topological polar surface area (TPSA) is 57.0 Å². The van der Waals surface area contributed by atoms with Crippen molar-refractivity contribution in [3.8, 4) is 0 Å². The van der Waals surface area contributed by atoms with Gasteiger partial charge in [-0.2, -0.15) is 13.2 Å². The highest BCUT2D eigenvalue weighted by molar-refractivity contribution is 5.75. The molecule has 5 nitrogen and oxygen atoms in total. The number of ether oxygens (including phenoxy) is 1. The molecule has 4 saturated carbocycles. The minimum atomic E-state index is -5.00. The summed E-state index contributed by atoms with van der Waals surface area (Å²) in [4.78, 5) is 11.6. The Morgan fingerprint density at radius 1 is 1.11 bits per heavy atom. The first-order chi connectivity index (χ1) is 12.7. The van der Waals surface area contributed by atoms with Crippen LogP contribution in [0.4, 0.5) is 13.2 Å². The number of nitrogens with zero attached hydrogens (tertiary/aromatic N) is 3. The van der Waals surface area contributed by atoms with Crippen molar-refractivity contribution in [3.63, 3.8) is 0 Å². The minimum absolute atomic E-state index is 0.122. The van der Waals surface area contributed by atoms with E-state index in [1.54, 1.807) is 11.5 Å². The van der Waals surface area contributed by atoms with Gasteiger partial charge in [0.25, 0.3) is 0 Å². The van der Waals surface area contributed by atoms with Crippen molar-refractivity contribution in [2.24, 2.45) is 17.8 Å². The Balaban J connectivity index is 1.56. The van der Waals surface area contributed by atoms with Gasteiger partial charge in [-0.25, -0.2) is 4.79 Å². The normalized spacial score (nSPS) is 40.1. The van der Waals surface area contributed by atoms with Crippen LogP contribution < -0.4 is 0 Å². The molecule has 6 rings (SSSR count). The summed E-state index contributed by atoms with van der Waals surface area (Å²) >= 11 is 0. The van der Waals surface area contributed by atoms with Crippen molar-refractivity contribution in [1.82, 2.24) is 14.8 Å². The maximum absolute atomic E-state index is 12.9. The smallest absolute Gasteiger partial charge is 0.432 e. The van der Waals surface area contributed by atoms with E-state index >= 15 is 0 Å². The molecule has 27 heavy (non-hydrogen) atoms. The lowest BCUT2D eigenvalue weighted by molar-refractivity contribution is -0.224. The van der Waals surface area contributed by atoms with Gasteiger partial charge in [-0.05, 0) is 69.6 Å². The predicted octanol–water partition coefficient (Wildman–Crippen LogP) is 3.86. The molecular formula is C19H24F3N3O2. The number of rotatable bonds is 2. The minimum Gasteiger partial charge on any atom is -0.432 e. The van der Waals surface area contributed by atoms with E-state index in [-0.39, 0.29) is 5.41 Å². The van der Waals surface area contributed by atoms with Crippen LogP contribution in [0.3, 0.4) is 0 Å². The number of fused-ring (bicyclic) bond motifs is 1. The van der Waals surface area contributed by atoms with E-state index in [9.17, 15) is 18.0 Å². The van der Waals surface area contributed by atoms with Crippen LogP contribution in [-0.2, 0) is 27.1 Å². The number of halogens is 3. The lowest BCUT2D eigenvalue weighted by Gasteiger charge is -2.56. The van der Waals surface area contributed by atoms with Gasteiger partial charge in [-0.1, -0.05) is 0 Å². The number of alkyl halides is 3. The zero-order chi connectivity index (χ0) is 19.0. The standard InChI is InChI=1S/C19H24F3N3O2/c1-17(27-16(26)19(20,21)22)4-2-3-14-23-24-15(25(14)17)18-8-11-5-12(9-18)7-13(6-11)10-18/h11-13H,2-10H2,1H3. The van der Waals surface area contributed by atoms with Gasteiger partial charge in [0.15, 0.2) is 5.72 Å². The molecule has 5 aliphatic rings. The van der Waals surface area contributed by atoms with E-state index in [0.717, 1.165) is 25.1 Å². The van der Waals surface area contributed by atoms with E-state index in [0.29, 0.717) is 42.8 Å². The van der Waals surface area contributed by atoms with Gasteiger partial charge in [0.05, 0.1) is 0 Å². The van der Waals surface area contributed by atoms with Crippen LogP contribution in [0.1, 0.15) is 69.9 Å². The van der Waals surface area contributed by atoms with Crippen molar-refractivity contribution >= 4 is 5.97 Å². The lowest BCUT2D eigenvalue weighted by Crippen LogP contribution is -2.52. The van der Waals surface area contributed by atoms with Gasteiger partial charge in [0.2, 0.25) is 0 Å². The Morgan fingerprint density at radius 2 is 1.70 bits per heavy atom. The summed E-state index contributed by atoms with van der Waals surface area (Å²) in [5.41, 5.74) is -1.49. The number of carbonyl (C=O) groups is 1. The number of aryl methyl sites for hydroxylation is 1. The first-order valence-corrected chi connectivity index (χ1v) is 9.94. The Bertz CT molecular complexity index is 752. The summed E-state index contributed by atoms with van der Waals surface area (Å²) in [7, 11) is 0. The number of carbonyl (C=O) groups excluding carboxylic acids is 1. The molecule has 0 amide bonds. The van der Waals surface area contributed by atoms with E-state index in [1.165, 1.54) is 19.3 Å². The molecule has 1 aliphatic heterocycles. The van der Waals surface area contributed by atoms with Crippen molar-refractivity contribution in [1.29, 1.82) is 0 Å². The highest BCUT2D eigenvalue weighted by atomic mass is 19.4. The molecule has 2 heterocycles. The van der Waals surface area contributed by atoms with Crippen LogP contribution in [0.5, 0.6) is 0 Å². The fourth-order valence-electron chi connectivity index (χ4n) is 6.74. The highest BCUT2D eigenvalue weighted by Crippen LogP contribution is 2.61. The van der Waals surface area contributed by atoms with Crippen LogP contribution in [0.15, 0.2) is 0 Å². The fraction of sp³-hybridized carbons (Fsp3) is 0.842. The van der Waals surface area contributed by atoms with Crippen molar-refractivity contribution in [2.75, 3.05) is 0 Å². The molecule has 1 atom stereocenters. The molecule has 4 fully saturated rings. The maximum Gasteiger partial charge on any atom is 0.491 e. The van der Waals surface area contributed by atoms with Crippen molar-refractivity contribution in [2.45, 2.75) is 82.0 Å². The zero-order valence-electron chi connectivity index (χ0n) is 15.4. The average Bonchev–Trinajstić information content (AvgIpc) is 2.99. The molecule has 4 aliphatic carbocycles. The molecule has 0 radical (unpaired) electrons. The third kappa shape index (κ3) is 2.62. The van der Waals surface area contributed by atoms with Gasteiger partial charge in [-0.3, -0.25) is 4.57 Å². The first-order valence-electron chi connectivity index (χ1n) is 9.94. The van der Waals surface area contributed by atoms with Crippen molar-refractivity contribution in [3.05, 3.63) is 11.6 Å². The summed E-state index contributed by atoms with van der Waals surface area (Å²) < 4.78 is 45.4. The molecule has 8 heteroatoms. The monoisotopic (exact) mass is 383 g/mol. The molecule has 0 aromatic carbocycles. The second-order valence-corrected chi connectivity index (χ2v) is 9.39. The molecule has 1 aromatic heterocycles. The number of hydrogen-bond donors (Lipinski definition) is 0. The largest absolute Gasteiger partial charge is 0.491 e. The molecule has 1 aromatic rings. The van der Waals surface area contributed by atoms with Crippen LogP contribution in [-0.4, -0.2) is 26.9 Å². The quantitative estimate of drug-likeness (QED) is 0.728.